The highest BCUT2D eigenvalue weighted by atomic mass is 35.5. The second kappa shape index (κ2) is 12.0. The van der Waals surface area contributed by atoms with Gasteiger partial charge in [-0.15, -0.1) is 0 Å². The molecule has 1 aromatic carbocycles. The van der Waals surface area contributed by atoms with Crippen LogP contribution >= 0.6 is 11.6 Å². The number of aryl methyl sites for hydroxylation is 1. The summed E-state index contributed by atoms with van der Waals surface area (Å²) in [6, 6.07) is 13.3. The summed E-state index contributed by atoms with van der Waals surface area (Å²) in [7, 11) is 0. The van der Waals surface area contributed by atoms with Crippen LogP contribution in [0.5, 0.6) is 0 Å². The third-order valence-corrected chi connectivity index (χ3v) is 8.45. The second-order valence-electron chi connectivity index (χ2n) is 13.1. The Labute approximate surface area is 273 Å². The van der Waals surface area contributed by atoms with Crippen LogP contribution < -0.4 is 10.6 Å². The van der Waals surface area contributed by atoms with Crippen LogP contribution in [0.25, 0.3) is 38.9 Å². The van der Waals surface area contributed by atoms with Crippen molar-refractivity contribution in [1.29, 1.82) is 0 Å². The van der Waals surface area contributed by atoms with Gasteiger partial charge in [0.15, 0.2) is 5.65 Å². The number of anilines is 1. The van der Waals surface area contributed by atoms with E-state index in [9.17, 15) is 9.59 Å². The molecule has 1 amide bonds. The van der Waals surface area contributed by atoms with Crippen LogP contribution in [0.4, 0.5) is 10.6 Å². The van der Waals surface area contributed by atoms with E-state index in [1.807, 2.05) is 95.8 Å². The summed E-state index contributed by atoms with van der Waals surface area (Å²) >= 11 is 7.06. The van der Waals surface area contributed by atoms with Gasteiger partial charge in [-0.1, -0.05) is 49.7 Å². The van der Waals surface area contributed by atoms with Crippen LogP contribution in [0.2, 0.25) is 5.02 Å². The molecule has 0 bridgehead atoms. The molecule has 238 valence electrons. The molecule has 0 saturated carbocycles. The molecule has 1 atom stereocenters. The zero-order chi connectivity index (χ0) is 32.9. The normalized spacial score (nSPS) is 15.6. The Morgan fingerprint density at radius 2 is 1.80 bits per heavy atom. The lowest BCUT2D eigenvalue weighted by Crippen LogP contribution is -2.55. The van der Waals surface area contributed by atoms with Gasteiger partial charge in [-0.05, 0) is 64.3 Å². The number of rotatable bonds is 4. The lowest BCUT2D eigenvalue weighted by Gasteiger charge is -2.41. The number of para-hydroxylation sites is 1. The fourth-order valence-corrected chi connectivity index (χ4v) is 6.31. The van der Waals surface area contributed by atoms with E-state index in [0.717, 1.165) is 27.7 Å². The molecule has 5 heterocycles. The van der Waals surface area contributed by atoms with Gasteiger partial charge in [-0.2, -0.15) is 4.98 Å². The van der Waals surface area contributed by atoms with Gasteiger partial charge in [-0.25, -0.2) is 19.1 Å². The summed E-state index contributed by atoms with van der Waals surface area (Å²) in [4.78, 5) is 50.0. The third-order valence-electron chi connectivity index (χ3n) is 8.17. The number of hydrogen-bond donors (Lipinski definition) is 0. The molecule has 11 heteroatoms. The van der Waals surface area contributed by atoms with Gasteiger partial charge in [0.25, 0.3) is 0 Å². The minimum absolute atomic E-state index is 0.0338. The average Bonchev–Trinajstić information content (AvgIpc) is 3.00. The number of piperazine rings is 1. The Hall–Kier alpha value is -4.57. The molecule has 5 aromatic rings. The number of amides is 1. The van der Waals surface area contributed by atoms with Crippen molar-refractivity contribution in [2.24, 2.45) is 0 Å². The van der Waals surface area contributed by atoms with Crippen molar-refractivity contribution < 1.29 is 9.53 Å². The molecule has 1 fully saturated rings. The lowest BCUT2D eigenvalue weighted by molar-refractivity contribution is 0.0218. The maximum Gasteiger partial charge on any atom is 0.410 e. The standard InChI is InChI=1S/C35H38ClN7O3/c1-20(2)27-30(21(3)13-15-38-27)43-32-25(18-26(36)29(39-32)24-12-8-10-23-11-9-14-37-28(23)24)31(40-33(43)44)42-17-16-41(19-22(42)4)34(45)46-35(5,6)7/h8-15,18,20,22H,16-17,19H2,1-7H3. The monoisotopic (exact) mass is 639 g/mol. The number of pyridine rings is 3. The second-order valence-corrected chi connectivity index (χ2v) is 13.5. The molecule has 6 rings (SSSR count). The fraction of sp³-hybridized carbons (Fsp3) is 0.371. The van der Waals surface area contributed by atoms with Crippen molar-refractivity contribution in [3.05, 3.63) is 81.6 Å². The molecule has 46 heavy (non-hydrogen) atoms. The number of carbonyl (C=O) groups is 1. The van der Waals surface area contributed by atoms with Crippen molar-refractivity contribution in [2.45, 2.75) is 66.0 Å². The number of ether oxygens (including phenoxy) is 1. The van der Waals surface area contributed by atoms with E-state index in [0.29, 0.717) is 52.9 Å². The fourth-order valence-electron chi connectivity index (χ4n) is 6.06. The summed E-state index contributed by atoms with van der Waals surface area (Å²) in [5.74, 6) is 0.503. The molecule has 1 saturated heterocycles. The van der Waals surface area contributed by atoms with Gasteiger partial charge < -0.3 is 14.5 Å². The molecule has 4 aromatic heterocycles. The number of hydrogen-bond acceptors (Lipinski definition) is 8. The molecule has 0 N–H and O–H groups in total. The first-order chi connectivity index (χ1) is 21.8. The Morgan fingerprint density at radius 1 is 1.04 bits per heavy atom. The quantitative estimate of drug-likeness (QED) is 0.209. The zero-order valence-electron chi connectivity index (χ0n) is 27.2. The Bertz CT molecular complexity index is 2030. The highest BCUT2D eigenvalue weighted by Crippen LogP contribution is 2.37. The van der Waals surface area contributed by atoms with Gasteiger partial charge in [0, 0.05) is 49.0 Å². The first kappa shape index (κ1) is 31.4. The van der Waals surface area contributed by atoms with Gasteiger partial charge >= 0.3 is 11.8 Å². The van der Waals surface area contributed by atoms with Crippen molar-refractivity contribution in [2.75, 3.05) is 24.5 Å². The summed E-state index contributed by atoms with van der Waals surface area (Å²) in [5, 5.41) is 1.98. The number of benzene rings is 1. The summed E-state index contributed by atoms with van der Waals surface area (Å²) in [5.41, 5.74) is 3.68. The first-order valence-electron chi connectivity index (χ1n) is 15.5. The smallest absolute Gasteiger partial charge is 0.410 e. The summed E-state index contributed by atoms with van der Waals surface area (Å²) in [6.45, 7) is 14.9. The third kappa shape index (κ3) is 5.77. The van der Waals surface area contributed by atoms with Gasteiger partial charge in [-0.3, -0.25) is 9.97 Å². The molecule has 1 aliphatic heterocycles. The first-order valence-corrected chi connectivity index (χ1v) is 15.9. The van der Waals surface area contributed by atoms with Crippen LogP contribution in [-0.2, 0) is 4.74 Å². The SMILES string of the molecule is Cc1ccnc(C(C)C)c1-n1c(=O)nc(N2CCN(C(=O)OC(C)(C)C)CC2C)c2cc(Cl)c(-c3cccc4cccnc34)nc21. The van der Waals surface area contributed by atoms with Gasteiger partial charge in [0.2, 0.25) is 0 Å². The van der Waals surface area contributed by atoms with Crippen LogP contribution in [-0.4, -0.2) is 66.8 Å². The highest BCUT2D eigenvalue weighted by Gasteiger charge is 2.33. The van der Waals surface area contributed by atoms with E-state index >= 15 is 0 Å². The summed E-state index contributed by atoms with van der Waals surface area (Å²) < 4.78 is 7.19. The molecule has 0 radical (unpaired) electrons. The van der Waals surface area contributed by atoms with Crippen molar-refractivity contribution >= 4 is 45.4 Å². The molecule has 1 aliphatic rings. The summed E-state index contributed by atoms with van der Waals surface area (Å²) in [6.07, 6.45) is 3.14. The van der Waals surface area contributed by atoms with E-state index in [1.165, 1.54) is 0 Å². The van der Waals surface area contributed by atoms with Crippen LogP contribution in [0.1, 0.15) is 58.7 Å². The highest BCUT2D eigenvalue weighted by molar-refractivity contribution is 6.34. The van der Waals surface area contributed by atoms with E-state index < -0.39 is 11.3 Å². The number of aromatic nitrogens is 5. The predicted molar refractivity (Wildman–Crippen MR) is 182 cm³/mol. The van der Waals surface area contributed by atoms with Gasteiger partial charge in [0.05, 0.1) is 33.0 Å². The Balaban J connectivity index is 1.57. The predicted octanol–water partition coefficient (Wildman–Crippen LogP) is 6.92. The maximum absolute atomic E-state index is 14.2. The number of fused-ring (bicyclic) bond motifs is 2. The molecule has 0 spiro atoms. The maximum atomic E-state index is 14.2. The van der Waals surface area contributed by atoms with Crippen LogP contribution in [0, 0.1) is 6.92 Å². The molecular formula is C35H38ClN7O3. The molecular weight excluding hydrogens is 602 g/mol. The lowest BCUT2D eigenvalue weighted by atomic mass is 10.0. The topological polar surface area (TPSA) is 106 Å². The van der Waals surface area contributed by atoms with Crippen molar-refractivity contribution in [3.63, 3.8) is 0 Å². The van der Waals surface area contributed by atoms with Crippen molar-refractivity contribution in [3.8, 4) is 16.9 Å². The van der Waals surface area contributed by atoms with Crippen molar-refractivity contribution in [1.82, 2.24) is 29.4 Å². The van der Waals surface area contributed by atoms with Crippen LogP contribution in [0.15, 0.2) is 59.7 Å². The number of carbonyl (C=O) groups excluding carboxylic acids is 1. The molecule has 0 aliphatic carbocycles. The minimum Gasteiger partial charge on any atom is -0.444 e. The van der Waals surface area contributed by atoms with E-state index in [4.69, 9.17) is 21.3 Å². The van der Waals surface area contributed by atoms with E-state index in [1.54, 1.807) is 21.9 Å². The number of halogens is 1. The molecule has 1 unspecified atom stereocenters. The molecule has 10 nitrogen and oxygen atoms in total. The zero-order valence-corrected chi connectivity index (χ0v) is 28.0. The average molecular weight is 640 g/mol. The Morgan fingerprint density at radius 3 is 2.52 bits per heavy atom. The van der Waals surface area contributed by atoms with E-state index in [2.05, 4.69) is 15.0 Å². The largest absolute Gasteiger partial charge is 0.444 e. The minimum atomic E-state index is -0.598. The van der Waals surface area contributed by atoms with E-state index in [-0.39, 0.29) is 18.1 Å². The van der Waals surface area contributed by atoms with Gasteiger partial charge in [0.1, 0.15) is 11.4 Å². The number of nitrogens with zero attached hydrogens (tertiary/aromatic N) is 7. The van der Waals surface area contributed by atoms with Crippen LogP contribution in [0.3, 0.4) is 0 Å². The Kier molecular flexibility index (Phi) is 8.18.